The van der Waals surface area contributed by atoms with Crippen molar-refractivity contribution in [2.75, 3.05) is 19.6 Å². The van der Waals surface area contributed by atoms with Crippen LogP contribution in [0, 0.1) is 0 Å². The van der Waals surface area contributed by atoms with E-state index in [4.69, 9.17) is 5.73 Å². The van der Waals surface area contributed by atoms with Crippen molar-refractivity contribution in [1.82, 2.24) is 4.90 Å². The normalized spacial score (nSPS) is 17.9. The van der Waals surface area contributed by atoms with Crippen molar-refractivity contribution in [2.24, 2.45) is 10.7 Å². The number of rotatable bonds is 17. The van der Waals surface area contributed by atoms with Crippen LogP contribution in [0.2, 0.25) is 0 Å². The molecule has 0 spiro atoms. The summed E-state index contributed by atoms with van der Waals surface area (Å²) in [4.78, 5) is 6.98. The first-order chi connectivity index (χ1) is 12.4. The molecule has 0 aromatic rings. The maximum atomic E-state index is 5.66. The van der Waals surface area contributed by atoms with E-state index in [9.17, 15) is 0 Å². The number of aliphatic imine (C=N–C) groups is 1. The van der Waals surface area contributed by atoms with Crippen molar-refractivity contribution < 1.29 is 0 Å². The molecule has 1 atom stereocenters. The monoisotopic (exact) mass is 349 g/mol. The second-order valence-corrected chi connectivity index (χ2v) is 7.47. The van der Waals surface area contributed by atoms with Crippen molar-refractivity contribution in [3.05, 3.63) is 12.2 Å². The molecule has 146 valence electrons. The van der Waals surface area contributed by atoms with Gasteiger partial charge in [0, 0.05) is 25.8 Å². The van der Waals surface area contributed by atoms with E-state index in [1.165, 1.54) is 89.9 Å². The lowest BCUT2D eigenvalue weighted by Gasteiger charge is -2.21. The Kier molecular flexibility index (Phi) is 15.0. The summed E-state index contributed by atoms with van der Waals surface area (Å²) >= 11 is 0. The number of hydrogen-bond donors (Lipinski definition) is 1. The quantitative estimate of drug-likeness (QED) is 0.270. The van der Waals surface area contributed by atoms with Crippen LogP contribution in [0.1, 0.15) is 96.8 Å². The predicted molar refractivity (Wildman–Crippen MR) is 112 cm³/mol. The van der Waals surface area contributed by atoms with Crippen LogP contribution in [-0.4, -0.2) is 36.9 Å². The van der Waals surface area contributed by atoms with E-state index in [-0.39, 0.29) is 0 Å². The average molecular weight is 350 g/mol. The predicted octanol–water partition coefficient (Wildman–Crippen LogP) is 5.70. The Labute approximate surface area is 157 Å². The fourth-order valence-electron chi connectivity index (χ4n) is 3.55. The fraction of sp³-hybridized carbons (Fsp3) is 0.864. The van der Waals surface area contributed by atoms with Gasteiger partial charge in [-0.15, -0.1) is 0 Å². The van der Waals surface area contributed by atoms with Crippen molar-refractivity contribution in [3.63, 3.8) is 0 Å². The van der Waals surface area contributed by atoms with Crippen molar-refractivity contribution in [2.45, 2.75) is 103 Å². The molecular formula is C22H43N3. The molecule has 0 radical (unpaired) electrons. The van der Waals surface area contributed by atoms with Crippen LogP contribution in [0.3, 0.4) is 0 Å². The standard InChI is InChI=1S/C22H43N3/c1-2-3-4-5-6-7-8-9-10-11-12-13-14-15-16-17-22-24-19-21-25(22)20-18-23/h6-7,19,22H,2-5,8-18,20-21,23H2,1H3/b7-6+. The summed E-state index contributed by atoms with van der Waals surface area (Å²) in [5.74, 6) is 0. The van der Waals surface area contributed by atoms with Gasteiger partial charge in [-0.1, -0.05) is 70.4 Å². The molecule has 25 heavy (non-hydrogen) atoms. The highest BCUT2D eigenvalue weighted by atomic mass is 15.3. The highest BCUT2D eigenvalue weighted by Gasteiger charge is 2.19. The first-order valence-corrected chi connectivity index (χ1v) is 11.0. The molecule has 1 heterocycles. The Morgan fingerprint density at radius 2 is 1.52 bits per heavy atom. The highest BCUT2D eigenvalue weighted by molar-refractivity contribution is 5.62. The van der Waals surface area contributed by atoms with Crippen molar-refractivity contribution >= 4 is 6.21 Å². The lowest BCUT2D eigenvalue weighted by atomic mass is 10.1. The molecule has 1 aliphatic heterocycles. The molecule has 0 aliphatic carbocycles. The second kappa shape index (κ2) is 16.8. The molecule has 0 fully saturated rings. The van der Waals surface area contributed by atoms with Crippen LogP contribution in [0.15, 0.2) is 17.1 Å². The Hall–Kier alpha value is -0.670. The number of allylic oxidation sites excluding steroid dienone is 2. The summed E-state index contributed by atoms with van der Waals surface area (Å²) in [6.45, 7) is 4.99. The molecule has 3 heteroatoms. The molecule has 0 aromatic heterocycles. The van der Waals surface area contributed by atoms with Gasteiger partial charge in [-0.25, -0.2) is 0 Å². The van der Waals surface area contributed by atoms with E-state index in [0.29, 0.717) is 6.17 Å². The fourth-order valence-corrected chi connectivity index (χ4v) is 3.55. The average Bonchev–Trinajstić information content (AvgIpc) is 3.06. The lowest BCUT2D eigenvalue weighted by Crippen LogP contribution is -2.34. The SMILES string of the molecule is CCCCC/C=C/CCCCCCCCCCC1N=CCN1CCN. The van der Waals surface area contributed by atoms with Crippen LogP contribution in [-0.2, 0) is 0 Å². The Morgan fingerprint density at radius 1 is 0.920 bits per heavy atom. The molecule has 1 aliphatic rings. The maximum absolute atomic E-state index is 5.66. The topological polar surface area (TPSA) is 41.6 Å². The van der Waals surface area contributed by atoms with Gasteiger partial charge in [-0.05, 0) is 38.5 Å². The van der Waals surface area contributed by atoms with Gasteiger partial charge in [-0.2, -0.15) is 0 Å². The summed E-state index contributed by atoms with van der Waals surface area (Å²) in [7, 11) is 0. The summed E-state index contributed by atoms with van der Waals surface area (Å²) in [6, 6.07) is 0. The number of unbranched alkanes of at least 4 members (excludes halogenated alkanes) is 11. The van der Waals surface area contributed by atoms with E-state index >= 15 is 0 Å². The zero-order valence-corrected chi connectivity index (χ0v) is 16.8. The summed E-state index contributed by atoms with van der Waals surface area (Å²) in [6.07, 6.45) is 26.2. The van der Waals surface area contributed by atoms with Gasteiger partial charge < -0.3 is 5.73 Å². The van der Waals surface area contributed by atoms with Crippen LogP contribution < -0.4 is 5.73 Å². The first-order valence-electron chi connectivity index (χ1n) is 11.0. The molecule has 0 saturated heterocycles. The number of hydrogen-bond acceptors (Lipinski definition) is 3. The van der Waals surface area contributed by atoms with Crippen LogP contribution in [0.4, 0.5) is 0 Å². The lowest BCUT2D eigenvalue weighted by molar-refractivity contribution is 0.241. The Morgan fingerprint density at radius 3 is 2.16 bits per heavy atom. The van der Waals surface area contributed by atoms with Gasteiger partial charge in [0.1, 0.15) is 6.17 Å². The number of nitrogens with zero attached hydrogens (tertiary/aromatic N) is 2. The Bertz CT molecular complexity index is 338. The second-order valence-electron chi connectivity index (χ2n) is 7.47. The third kappa shape index (κ3) is 12.3. The molecule has 0 aromatic carbocycles. The highest BCUT2D eigenvalue weighted by Crippen LogP contribution is 2.16. The van der Waals surface area contributed by atoms with Gasteiger partial charge in [-0.3, -0.25) is 9.89 Å². The Balaban J connectivity index is 1.79. The minimum Gasteiger partial charge on any atom is -0.329 e. The summed E-state index contributed by atoms with van der Waals surface area (Å²) in [5, 5.41) is 0. The number of nitrogens with two attached hydrogens (primary N) is 1. The largest absolute Gasteiger partial charge is 0.329 e. The first kappa shape index (κ1) is 22.4. The van der Waals surface area contributed by atoms with Crippen LogP contribution in [0.25, 0.3) is 0 Å². The summed E-state index contributed by atoms with van der Waals surface area (Å²) in [5.41, 5.74) is 5.66. The molecular weight excluding hydrogens is 306 g/mol. The third-order valence-corrected chi connectivity index (χ3v) is 5.16. The van der Waals surface area contributed by atoms with Gasteiger partial charge >= 0.3 is 0 Å². The van der Waals surface area contributed by atoms with Gasteiger partial charge in [0.05, 0.1) is 0 Å². The van der Waals surface area contributed by atoms with Gasteiger partial charge in [0.2, 0.25) is 0 Å². The van der Waals surface area contributed by atoms with E-state index < -0.39 is 0 Å². The van der Waals surface area contributed by atoms with Crippen molar-refractivity contribution in [3.8, 4) is 0 Å². The van der Waals surface area contributed by atoms with Crippen molar-refractivity contribution in [1.29, 1.82) is 0 Å². The third-order valence-electron chi connectivity index (χ3n) is 5.16. The van der Waals surface area contributed by atoms with E-state index in [2.05, 4.69) is 35.2 Å². The zero-order chi connectivity index (χ0) is 18.0. The molecule has 0 amide bonds. The molecule has 3 nitrogen and oxygen atoms in total. The van der Waals surface area contributed by atoms with Crippen LogP contribution >= 0.6 is 0 Å². The molecule has 0 saturated carbocycles. The van der Waals surface area contributed by atoms with Gasteiger partial charge in [0.15, 0.2) is 0 Å². The van der Waals surface area contributed by atoms with E-state index in [0.717, 1.165) is 19.6 Å². The minimum absolute atomic E-state index is 0.415. The smallest absolute Gasteiger partial charge is 0.102 e. The molecule has 2 N–H and O–H groups in total. The van der Waals surface area contributed by atoms with E-state index in [1.807, 2.05) is 0 Å². The van der Waals surface area contributed by atoms with E-state index in [1.54, 1.807) is 0 Å². The molecule has 1 rings (SSSR count). The minimum atomic E-state index is 0.415. The summed E-state index contributed by atoms with van der Waals surface area (Å²) < 4.78 is 0. The zero-order valence-electron chi connectivity index (χ0n) is 16.8. The van der Waals surface area contributed by atoms with Gasteiger partial charge in [0.25, 0.3) is 0 Å². The van der Waals surface area contributed by atoms with Crippen LogP contribution in [0.5, 0.6) is 0 Å². The maximum Gasteiger partial charge on any atom is 0.102 e. The molecule has 0 bridgehead atoms. The molecule has 1 unspecified atom stereocenters.